The fourth-order valence-electron chi connectivity index (χ4n) is 3.25. The molecule has 176 valence electrons. The van der Waals surface area contributed by atoms with Gasteiger partial charge in [0.1, 0.15) is 5.82 Å². The number of para-hydroxylation sites is 3. The summed E-state index contributed by atoms with van der Waals surface area (Å²) in [5.41, 5.74) is 3.40. The number of hydrogen-bond donors (Lipinski definition) is 3. The van der Waals surface area contributed by atoms with Gasteiger partial charge < -0.3 is 15.6 Å². The Morgan fingerprint density at radius 3 is 2.51 bits per heavy atom. The second-order valence-corrected chi connectivity index (χ2v) is 10.6. The van der Waals surface area contributed by atoms with Crippen molar-refractivity contribution in [3.63, 3.8) is 0 Å². The van der Waals surface area contributed by atoms with E-state index in [2.05, 4.69) is 25.6 Å². The number of hydrogen-bond acceptors (Lipinski definition) is 7. The molecule has 7 nitrogen and oxygen atoms in total. The fourth-order valence-corrected chi connectivity index (χ4v) is 5.84. The van der Waals surface area contributed by atoms with Crippen LogP contribution in [0.4, 0.5) is 15.8 Å². The molecular weight excluding hydrogens is 505 g/mol. The van der Waals surface area contributed by atoms with Crippen LogP contribution in [-0.4, -0.2) is 38.3 Å². The SMILES string of the molecule is O=C(CSc1nc2ccccc2[nH]1)Nc1ccc2nc(SCC(=O)Nc3ccccc3F)sc2c1. The summed E-state index contributed by atoms with van der Waals surface area (Å²) >= 11 is 4.05. The van der Waals surface area contributed by atoms with E-state index in [9.17, 15) is 14.0 Å². The quantitative estimate of drug-likeness (QED) is 0.223. The van der Waals surface area contributed by atoms with Gasteiger partial charge in [0.15, 0.2) is 9.50 Å². The second-order valence-electron chi connectivity index (χ2n) is 7.37. The molecule has 5 rings (SSSR count). The maximum Gasteiger partial charge on any atom is 0.234 e. The Morgan fingerprint density at radius 2 is 1.66 bits per heavy atom. The lowest BCUT2D eigenvalue weighted by molar-refractivity contribution is -0.114. The predicted molar refractivity (Wildman–Crippen MR) is 141 cm³/mol. The molecule has 0 aliphatic heterocycles. The van der Waals surface area contributed by atoms with E-state index in [1.165, 1.54) is 47.0 Å². The van der Waals surface area contributed by atoms with Gasteiger partial charge in [-0.15, -0.1) is 11.3 Å². The maximum absolute atomic E-state index is 13.7. The number of carbonyl (C=O) groups is 2. The summed E-state index contributed by atoms with van der Waals surface area (Å²) in [5, 5.41) is 6.16. The van der Waals surface area contributed by atoms with Crippen LogP contribution in [0.25, 0.3) is 21.3 Å². The third-order valence-electron chi connectivity index (χ3n) is 4.83. The second kappa shape index (κ2) is 10.5. The maximum atomic E-state index is 13.7. The number of carbonyl (C=O) groups excluding carboxylic acids is 2. The average molecular weight is 524 g/mol. The molecule has 0 atom stereocenters. The first-order chi connectivity index (χ1) is 17.0. The molecule has 11 heteroatoms. The number of thiazole rings is 1. The van der Waals surface area contributed by atoms with Crippen molar-refractivity contribution in [3.8, 4) is 0 Å². The molecule has 0 aliphatic carbocycles. The molecule has 0 fully saturated rings. The lowest BCUT2D eigenvalue weighted by atomic mass is 10.3. The zero-order valence-electron chi connectivity index (χ0n) is 18.1. The van der Waals surface area contributed by atoms with Crippen molar-refractivity contribution in [3.05, 3.63) is 72.5 Å². The Morgan fingerprint density at radius 1 is 0.886 bits per heavy atom. The fraction of sp³-hybridized carbons (Fsp3) is 0.0833. The van der Waals surface area contributed by atoms with Gasteiger partial charge >= 0.3 is 0 Å². The van der Waals surface area contributed by atoms with Crippen LogP contribution in [0.15, 0.2) is 76.2 Å². The monoisotopic (exact) mass is 523 g/mol. The summed E-state index contributed by atoms with van der Waals surface area (Å²) in [5.74, 6) is -0.598. The van der Waals surface area contributed by atoms with Crippen LogP contribution in [-0.2, 0) is 9.59 Å². The Labute approximate surface area is 211 Å². The van der Waals surface area contributed by atoms with Crippen LogP contribution in [0.3, 0.4) is 0 Å². The number of rotatable bonds is 8. The van der Waals surface area contributed by atoms with Crippen molar-refractivity contribution in [1.29, 1.82) is 0 Å². The molecule has 0 saturated carbocycles. The van der Waals surface area contributed by atoms with Gasteiger partial charge in [-0.25, -0.2) is 14.4 Å². The molecule has 2 amide bonds. The highest BCUT2D eigenvalue weighted by Crippen LogP contribution is 2.31. The minimum absolute atomic E-state index is 0.108. The van der Waals surface area contributed by atoms with Crippen LogP contribution in [0.2, 0.25) is 0 Å². The number of aromatic nitrogens is 3. The van der Waals surface area contributed by atoms with Crippen molar-refractivity contribution in [2.75, 3.05) is 22.1 Å². The van der Waals surface area contributed by atoms with Gasteiger partial charge in [-0.05, 0) is 42.5 Å². The topological polar surface area (TPSA) is 99.8 Å². The molecule has 2 aromatic heterocycles. The first-order valence-electron chi connectivity index (χ1n) is 10.5. The first-order valence-corrected chi connectivity index (χ1v) is 13.3. The largest absolute Gasteiger partial charge is 0.333 e. The molecular formula is C24H18FN5O2S3. The van der Waals surface area contributed by atoms with E-state index in [0.29, 0.717) is 15.2 Å². The smallest absolute Gasteiger partial charge is 0.234 e. The summed E-state index contributed by atoms with van der Waals surface area (Å²) in [6, 6.07) is 19.2. The van der Waals surface area contributed by atoms with Gasteiger partial charge in [-0.1, -0.05) is 47.8 Å². The van der Waals surface area contributed by atoms with Gasteiger partial charge in [0.25, 0.3) is 0 Å². The van der Waals surface area contributed by atoms with E-state index in [1.807, 2.05) is 36.4 Å². The molecule has 0 unspecified atom stereocenters. The molecule has 3 aromatic carbocycles. The molecule has 0 bridgehead atoms. The van der Waals surface area contributed by atoms with Gasteiger partial charge in [0, 0.05) is 5.69 Å². The molecule has 5 aromatic rings. The highest BCUT2D eigenvalue weighted by Gasteiger charge is 2.12. The Kier molecular flexibility index (Phi) is 6.98. The number of halogens is 1. The average Bonchev–Trinajstić information content (AvgIpc) is 3.46. The molecule has 3 N–H and O–H groups in total. The minimum Gasteiger partial charge on any atom is -0.333 e. The summed E-state index contributed by atoms with van der Waals surface area (Å²) in [6.07, 6.45) is 0. The number of benzene rings is 3. The number of anilines is 2. The number of nitrogens with zero attached hydrogens (tertiary/aromatic N) is 2. The van der Waals surface area contributed by atoms with Crippen LogP contribution in [0.1, 0.15) is 0 Å². The summed E-state index contributed by atoms with van der Waals surface area (Å²) in [6.45, 7) is 0. The van der Waals surface area contributed by atoms with E-state index in [1.54, 1.807) is 18.2 Å². The molecule has 0 spiro atoms. The summed E-state index contributed by atoms with van der Waals surface area (Å²) in [7, 11) is 0. The predicted octanol–water partition coefficient (Wildman–Crippen LogP) is 5.77. The number of amides is 2. The van der Waals surface area contributed by atoms with Crippen molar-refractivity contribution in [2.45, 2.75) is 9.50 Å². The van der Waals surface area contributed by atoms with Crippen molar-refractivity contribution in [1.82, 2.24) is 15.0 Å². The number of imidazole rings is 1. The number of H-pyrrole nitrogens is 1. The number of aromatic amines is 1. The molecule has 35 heavy (non-hydrogen) atoms. The van der Waals surface area contributed by atoms with E-state index in [4.69, 9.17) is 0 Å². The zero-order chi connectivity index (χ0) is 24.2. The number of nitrogens with one attached hydrogen (secondary N) is 3. The minimum atomic E-state index is -0.476. The molecule has 0 aliphatic rings. The van der Waals surface area contributed by atoms with E-state index in [-0.39, 0.29) is 29.0 Å². The van der Waals surface area contributed by atoms with Crippen LogP contribution in [0, 0.1) is 5.82 Å². The Bertz CT molecular complexity index is 1500. The normalized spacial score (nSPS) is 11.1. The van der Waals surface area contributed by atoms with E-state index >= 15 is 0 Å². The van der Waals surface area contributed by atoms with E-state index < -0.39 is 5.82 Å². The van der Waals surface area contributed by atoms with Gasteiger partial charge in [-0.3, -0.25) is 9.59 Å². The van der Waals surface area contributed by atoms with Crippen molar-refractivity contribution in [2.24, 2.45) is 0 Å². The Balaban J connectivity index is 1.15. The van der Waals surface area contributed by atoms with E-state index in [0.717, 1.165) is 21.3 Å². The highest BCUT2D eigenvalue weighted by atomic mass is 32.2. The molecule has 2 heterocycles. The van der Waals surface area contributed by atoms with Gasteiger partial charge in [-0.2, -0.15) is 0 Å². The lowest BCUT2D eigenvalue weighted by Crippen LogP contribution is -2.14. The number of thioether (sulfide) groups is 2. The molecule has 0 radical (unpaired) electrons. The third kappa shape index (κ3) is 5.81. The standard InChI is InChI=1S/C24H18FN5O2S3/c25-15-5-1-2-6-16(15)27-22(32)13-34-24-30-19-10-9-14(11-20(19)35-24)26-21(31)12-33-23-28-17-7-3-4-8-18(17)29-23/h1-11H,12-13H2,(H,26,31)(H,27,32)(H,28,29). The van der Waals surface area contributed by atoms with Gasteiger partial charge in [0.05, 0.1) is 38.4 Å². The first kappa shape index (κ1) is 23.3. The summed E-state index contributed by atoms with van der Waals surface area (Å²) < 4.78 is 15.3. The van der Waals surface area contributed by atoms with Crippen LogP contribution < -0.4 is 10.6 Å². The molecule has 0 saturated heterocycles. The highest BCUT2D eigenvalue weighted by molar-refractivity contribution is 8.01. The zero-order valence-corrected chi connectivity index (χ0v) is 20.5. The summed E-state index contributed by atoms with van der Waals surface area (Å²) in [4.78, 5) is 36.8. The van der Waals surface area contributed by atoms with Crippen molar-refractivity contribution < 1.29 is 14.0 Å². The number of fused-ring (bicyclic) bond motifs is 2. The third-order valence-corrected chi connectivity index (χ3v) is 7.87. The lowest BCUT2D eigenvalue weighted by Gasteiger charge is -2.04. The van der Waals surface area contributed by atoms with Crippen LogP contribution in [0.5, 0.6) is 0 Å². The van der Waals surface area contributed by atoms with Crippen molar-refractivity contribution >= 4 is 79.3 Å². The Hall–Kier alpha value is -3.41. The van der Waals surface area contributed by atoms with Gasteiger partial charge in [0.2, 0.25) is 11.8 Å². The van der Waals surface area contributed by atoms with Crippen LogP contribution >= 0.6 is 34.9 Å².